The molecular weight excluding hydrogens is 422 g/mol. The molecule has 1 aliphatic rings. The summed E-state index contributed by atoms with van der Waals surface area (Å²) in [5.41, 5.74) is 2.75. The molecule has 4 rings (SSSR count). The molecule has 0 saturated carbocycles. The Morgan fingerprint density at radius 3 is 2.53 bits per heavy atom. The average molecular weight is 446 g/mol. The fourth-order valence-corrected chi connectivity index (χ4v) is 5.96. The number of nitrogens with one attached hydrogen (secondary N) is 1. The lowest BCUT2D eigenvalue weighted by atomic mass is 10.1. The fourth-order valence-electron chi connectivity index (χ4n) is 3.75. The molecule has 1 amide bonds. The van der Waals surface area contributed by atoms with E-state index in [1.807, 2.05) is 20.8 Å². The van der Waals surface area contributed by atoms with Crippen molar-refractivity contribution < 1.29 is 13.2 Å². The van der Waals surface area contributed by atoms with Crippen LogP contribution in [0.4, 0.5) is 11.4 Å². The number of hydrogen-bond acceptors (Lipinski definition) is 5. The number of nitrogens with zero attached hydrogens (tertiary/aromatic N) is 2. The van der Waals surface area contributed by atoms with Crippen LogP contribution in [-0.4, -0.2) is 25.4 Å². The first-order valence-electron chi connectivity index (χ1n) is 9.76. The van der Waals surface area contributed by atoms with Crippen molar-refractivity contribution in [1.82, 2.24) is 4.57 Å². The topological polar surface area (TPSA) is 88.5 Å². The number of thiazole rings is 1. The van der Waals surface area contributed by atoms with E-state index in [-0.39, 0.29) is 21.7 Å². The number of anilines is 2. The fraction of sp³-hybridized carbons (Fsp3) is 0.333. The Morgan fingerprint density at radius 2 is 1.87 bits per heavy atom. The number of benzene rings is 2. The predicted octanol–water partition coefficient (Wildman–Crippen LogP) is 3.88. The summed E-state index contributed by atoms with van der Waals surface area (Å²) in [6, 6.07) is 9.88. The monoisotopic (exact) mass is 445 g/mol. The minimum atomic E-state index is -3.85. The van der Waals surface area contributed by atoms with Crippen LogP contribution in [0.1, 0.15) is 38.3 Å². The molecule has 2 aromatic carbocycles. The van der Waals surface area contributed by atoms with Gasteiger partial charge in [-0.15, -0.1) is 0 Å². The second-order valence-corrected chi connectivity index (χ2v) is 10.4. The maximum absolute atomic E-state index is 13.0. The molecule has 0 unspecified atom stereocenters. The molecule has 0 aliphatic carbocycles. The highest BCUT2D eigenvalue weighted by Gasteiger charge is 2.24. The number of carbonyl (C=O) groups excluding carboxylic acids is 1. The van der Waals surface area contributed by atoms with Gasteiger partial charge in [-0.05, 0) is 63.1 Å². The molecule has 1 aromatic heterocycles. The number of aryl methyl sites for hydroxylation is 1. The van der Waals surface area contributed by atoms with Gasteiger partial charge < -0.3 is 4.90 Å². The van der Waals surface area contributed by atoms with Gasteiger partial charge in [0.1, 0.15) is 0 Å². The van der Waals surface area contributed by atoms with Crippen molar-refractivity contribution in [2.45, 2.75) is 44.6 Å². The van der Waals surface area contributed by atoms with Crippen LogP contribution in [0.15, 0.2) is 46.1 Å². The SMILES string of the molecule is Cc1ccc(NS(=O)(=O)c2ccc3c(c2)sc(=O)n3C(C)C)cc1N1CCCC1=O. The summed E-state index contributed by atoms with van der Waals surface area (Å²) in [6.45, 7) is 6.37. The normalized spacial score (nSPS) is 14.8. The van der Waals surface area contributed by atoms with Crippen molar-refractivity contribution in [3.05, 3.63) is 51.6 Å². The van der Waals surface area contributed by atoms with Gasteiger partial charge in [0.15, 0.2) is 0 Å². The standard InChI is InChI=1S/C21H23N3O4S2/c1-13(2)24-17-9-8-16(12-19(17)29-21(24)26)30(27,28)22-15-7-6-14(3)18(11-15)23-10-4-5-20(23)25/h6-9,11-13,22H,4-5,10H2,1-3H3. The Morgan fingerprint density at radius 1 is 1.10 bits per heavy atom. The van der Waals surface area contributed by atoms with Gasteiger partial charge in [-0.1, -0.05) is 17.4 Å². The lowest BCUT2D eigenvalue weighted by Crippen LogP contribution is -2.24. The highest BCUT2D eigenvalue weighted by atomic mass is 32.2. The van der Waals surface area contributed by atoms with Gasteiger partial charge in [0, 0.05) is 24.7 Å². The van der Waals surface area contributed by atoms with Crippen molar-refractivity contribution in [3.8, 4) is 0 Å². The van der Waals surface area contributed by atoms with Gasteiger partial charge in [-0.25, -0.2) is 8.42 Å². The van der Waals surface area contributed by atoms with Crippen LogP contribution in [0.5, 0.6) is 0 Å². The molecule has 1 saturated heterocycles. The number of sulfonamides is 1. The minimum absolute atomic E-state index is 0.00823. The third kappa shape index (κ3) is 3.63. The first-order valence-corrected chi connectivity index (χ1v) is 12.1. The summed E-state index contributed by atoms with van der Waals surface area (Å²) in [5.74, 6) is 0.0492. The Kier molecular flexibility index (Phi) is 5.19. The van der Waals surface area contributed by atoms with E-state index in [2.05, 4.69) is 4.72 Å². The molecule has 1 aliphatic heterocycles. The minimum Gasteiger partial charge on any atom is -0.312 e. The van der Waals surface area contributed by atoms with Crippen molar-refractivity contribution >= 4 is 48.9 Å². The predicted molar refractivity (Wildman–Crippen MR) is 120 cm³/mol. The molecular formula is C21H23N3O4S2. The first-order chi connectivity index (χ1) is 14.2. The van der Waals surface area contributed by atoms with E-state index in [0.717, 1.165) is 34.5 Å². The quantitative estimate of drug-likeness (QED) is 0.645. The first kappa shape index (κ1) is 20.6. The molecule has 1 N–H and O–H groups in total. The Hall–Kier alpha value is -2.65. The molecule has 158 valence electrons. The summed E-state index contributed by atoms with van der Waals surface area (Å²) >= 11 is 1.04. The molecule has 2 heterocycles. The van der Waals surface area contributed by atoms with Gasteiger partial charge in [0.2, 0.25) is 5.91 Å². The highest BCUT2D eigenvalue weighted by Crippen LogP contribution is 2.30. The zero-order valence-electron chi connectivity index (χ0n) is 17.0. The van der Waals surface area contributed by atoms with Crippen LogP contribution in [0, 0.1) is 6.92 Å². The smallest absolute Gasteiger partial charge is 0.308 e. The molecule has 3 aromatic rings. The van der Waals surface area contributed by atoms with Crippen LogP contribution in [0.25, 0.3) is 10.2 Å². The number of fused-ring (bicyclic) bond motifs is 1. The van der Waals surface area contributed by atoms with Crippen molar-refractivity contribution in [3.63, 3.8) is 0 Å². The van der Waals surface area contributed by atoms with Crippen LogP contribution in [-0.2, 0) is 14.8 Å². The zero-order valence-corrected chi connectivity index (χ0v) is 18.6. The number of rotatable bonds is 5. The number of aromatic nitrogens is 1. The van der Waals surface area contributed by atoms with Crippen LogP contribution < -0.4 is 14.5 Å². The molecule has 1 fully saturated rings. The van der Waals surface area contributed by atoms with E-state index >= 15 is 0 Å². The Bertz CT molecular complexity index is 1310. The van der Waals surface area contributed by atoms with E-state index in [1.54, 1.807) is 33.7 Å². The maximum Gasteiger partial charge on any atom is 0.308 e. The van der Waals surface area contributed by atoms with E-state index in [1.165, 1.54) is 12.1 Å². The second kappa shape index (κ2) is 7.55. The number of hydrogen-bond donors (Lipinski definition) is 1. The summed E-state index contributed by atoms with van der Waals surface area (Å²) in [4.78, 5) is 26.0. The molecule has 7 nitrogen and oxygen atoms in total. The third-order valence-electron chi connectivity index (χ3n) is 5.24. The summed E-state index contributed by atoms with van der Waals surface area (Å²) in [5, 5.41) is 0. The number of carbonyl (C=O) groups is 1. The van der Waals surface area contributed by atoms with Gasteiger partial charge in [-0.2, -0.15) is 0 Å². The van der Waals surface area contributed by atoms with Crippen molar-refractivity contribution in [1.29, 1.82) is 0 Å². The average Bonchev–Trinajstić information content (AvgIpc) is 3.24. The molecule has 9 heteroatoms. The van der Waals surface area contributed by atoms with E-state index in [4.69, 9.17) is 0 Å². The number of amides is 1. The van der Waals surface area contributed by atoms with Crippen molar-refractivity contribution in [2.75, 3.05) is 16.2 Å². The molecule has 0 radical (unpaired) electrons. The Balaban J connectivity index is 1.68. The largest absolute Gasteiger partial charge is 0.312 e. The van der Waals surface area contributed by atoms with Crippen LogP contribution >= 0.6 is 11.3 Å². The van der Waals surface area contributed by atoms with Gasteiger partial charge >= 0.3 is 4.87 Å². The van der Waals surface area contributed by atoms with Gasteiger partial charge in [-0.3, -0.25) is 18.9 Å². The van der Waals surface area contributed by atoms with Gasteiger partial charge in [0.05, 0.1) is 20.8 Å². The molecule has 0 atom stereocenters. The lowest BCUT2D eigenvalue weighted by molar-refractivity contribution is -0.117. The van der Waals surface area contributed by atoms with E-state index in [0.29, 0.717) is 23.4 Å². The third-order valence-corrected chi connectivity index (χ3v) is 7.53. The second-order valence-electron chi connectivity index (χ2n) is 7.72. The maximum atomic E-state index is 13.0. The summed E-state index contributed by atoms with van der Waals surface area (Å²) < 4.78 is 30.8. The van der Waals surface area contributed by atoms with E-state index in [9.17, 15) is 18.0 Å². The van der Waals surface area contributed by atoms with E-state index < -0.39 is 10.0 Å². The lowest BCUT2D eigenvalue weighted by Gasteiger charge is -2.19. The highest BCUT2D eigenvalue weighted by molar-refractivity contribution is 7.92. The van der Waals surface area contributed by atoms with Crippen LogP contribution in [0.3, 0.4) is 0 Å². The molecule has 30 heavy (non-hydrogen) atoms. The molecule has 0 spiro atoms. The summed E-state index contributed by atoms with van der Waals surface area (Å²) in [6.07, 6.45) is 1.31. The van der Waals surface area contributed by atoms with Crippen molar-refractivity contribution in [2.24, 2.45) is 0 Å². The molecule has 0 bridgehead atoms. The van der Waals surface area contributed by atoms with Crippen LogP contribution in [0.2, 0.25) is 0 Å². The summed E-state index contributed by atoms with van der Waals surface area (Å²) in [7, 11) is -3.85. The Labute approximate surface area is 179 Å². The zero-order chi connectivity index (χ0) is 21.6. The van der Waals surface area contributed by atoms with Gasteiger partial charge in [0.25, 0.3) is 10.0 Å².